The van der Waals surface area contributed by atoms with Crippen LogP contribution in [0.4, 0.5) is 15.8 Å². The van der Waals surface area contributed by atoms with Crippen molar-refractivity contribution in [1.82, 2.24) is 4.98 Å². The standard InChI is InChI=1S/C21H18FN3O3S/c1-14-12-17(22)3-5-20(14)29(27,28)24-18-4-2-15-8-11-25(19(15)13-18)21(26)16-6-9-23-10-7-16/h2-7,9-10,12-13,24H,8,11H2,1H3. The lowest BCUT2D eigenvalue weighted by Crippen LogP contribution is -2.28. The lowest BCUT2D eigenvalue weighted by atomic mass is 10.1. The first-order chi connectivity index (χ1) is 13.8. The molecular weight excluding hydrogens is 393 g/mol. The Labute approximate surface area is 168 Å². The zero-order valence-corrected chi connectivity index (χ0v) is 16.4. The van der Waals surface area contributed by atoms with Crippen LogP contribution < -0.4 is 9.62 Å². The van der Waals surface area contributed by atoms with Gasteiger partial charge in [-0.05, 0) is 66.9 Å². The largest absolute Gasteiger partial charge is 0.308 e. The molecule has 1 amide bonds. The van der Waals surface area contributed by atoms with Crippen molar-refractivity contribution < 1.29 is 17.6 Å². The number of fused-ring (bicyclic) bond motifs is 1. The fourth-order valence-electron chi connectivity index (χ4n) is 3.43. The molecule has 0 aliphatic carbocycles. The first-order valence-corrected chi connectivity index (χ1v) is 10.5. The maximum atomic E-state index is 13.3. The summed E-state index contributed by atoms with van der Waals surface area (Å²) in [6.07, 6.45) is 3.80. The van der Waals surface area contributed by atoms with Gasteiger partial charge in [0.15, 0.2) is 0 Å². The summed E-state index contributed by atoms with van der Waals surface area (Å²) in [6.45, 7) is 2.05. The number of carbonyl (C=O) groups excluding carboxylic acids is 1. The minimum absolute atomic E-state index is 0.00381. The molecule has 0 atom stereocenters. The number of aryl methyl sites for hydroxylation is 1. The van der Waals surface area contributed by atoms with Gasteiger partial charge in [0, 0.05) is 30.2 Å². The summed E-state index contributed by atoms with van der Waals surface area (Å²) in [5.41, 5.74) is 2.80. The molecule has 2 aromatic carbocycles. The molecule has 0 saturated heterocycles. The van der Waals surface area contributed by atoms with Crippen LogP contribution in [0, 0.1) is 12.7 Å². The molecule has 0 bridgehead atoms. The normalized spacial score (nSPS) is 13.2. The number of anilines is 2. The number of hydrogen-bond acceptors (Lipinski definition) is 4. The number of carbonyl (C=O) groups is 1. The van der Waals surface area contributed by atoms with Crippen LogP contribution in [0.15, 0.2) is 65.8 Å². The van der Waals surface area contributed by atoms with Crippen molar-refractivity contribution in [2.45, 2.75) is 18.2 Å². The lowest BCUT2D eigenvalue weighted by Gasteiger charge is -2.18. The minimum Gasteiger partial charge on any atom is -0.308 e. The molecule has 4 rings (SSSR count). The number of nitrogens with zero attached hydrogens (tertiary/aromatic N) is 2. The van der Waals surface area contributed by atoms with Gasteiger partial charge in [-0.25, -0.2) is 12.8 Å². The van der Waals surface area contributed by atoms with Crippen LogP contribution in [-0.2, 0) is 16.4 Å². The zero-order chi connectivity index (χ0) is 20.6. The molecule has 0 spiro atoms. The van der Waals surface area contributed by atoms with E-state index in [-0.39, 0.29) is 10.8 Å². The van der Waals surface area contributed by atoms with Crippen LogP contribution in [0.25, 0.3) is 0 Å². The molecule has 0 unspecified atom stereocenters. The Morgan fingerprint density at radius 2 is 1.86 bits per heavy atom. The summed E-state index contributed by atoms with van der Waals surface area (Å²) < 4.78 is 41.3. The predicted octanol–water partition coefficient (Wildman–Crippen LogP) is 3.53. The summed E-state index contributed by atoms with van der Waals surface area (Å²) in [5, 5.41) is 0. The summed E-state index contributed by atoms with van der Waals surface area (Å²) in [5.74, 6) is -0.662. The maximum absolute atomic E-state index is 13.3. The Morgan fingerprint density at radius 1 is 1.10 bits per heavy atom. The van der Waals surface area contributed by atoms with Gasteiger partial charge in [-0.2, -0.15) is 0 Å². The van der Waals surface area contributed by atoms with Crippen molar-refractivity contribution in [2.75, 3.05) is 16.2 Å². The monoisotopic (exact) mass is 411 g/mol. The fraction of sp³-hybridized carbons (Fsp3) is 0.143. The average molecular weight is 411 g/mol. The molecular formula is C21H18FN3O3S. The molecule has 3 aromatic rings. The van der Waals surface area contributed by atoms with E-state index in [1.54, 1.807) is 41.6 Å². The van der Waals surface area contributed by atoms with Gasteiger partial charge in [0.2, 0.25) is 0 Å². The molecule has 0 radical (unpaired) electrons. The third-order valence-corrected chi connectivity index (χ3v) is 6.37. The molecule has 29 heavy (non-hydrogen) atoms. The van der Waals surface area contributed by atoms with Crippen molar-refractivity contribution in [3.63, 3.8) is 0 Å². The van der Waals surface area contributed by atoms with Gasteiger partial charge < -0.3 is 4.90 Å². The fourth-order valence-corrected chi connectivity index (χ4v) is 4.71. The molecule has 8 heteroatoms. The van der Waals surface area contributed by atoms with Crippen LogP contribution in [0.2, 0.25) is 0 Å². The molecule has 1 N–H and O–H groups in total. The van der Waals surface area contributed by atoms with Crippen molar-refractivity contribution in [2.24, 2.45) is 0 Å². The van der Waals surface area contributed by atoms with Gasteiger partial charge >= 0.3 is 0 Å². The second-order valence-electron chi connectivity index (χ2n) is 6.80. The third kappa shape index (κ3) is 3.71. The van der Waals surface area contributed by atoms with Gasteiger partial charge in [-0.3, -0.25) is 14.5 Å². The molecule has 2 heterocycles. The Morgan fingerprint density at radius 3 is 2.59 bits per heavy atom. The number of amides is 1. The highest BCUT2D eigenvalue weighted by Gasteiger charge is 2.26. The summed E-state index contributed by atoms with van der Waals surface area (Å²) in [7, 11) is -3.90. The van der Waals surface area contributed by atoms with Crippen molar-refractivity contribution in [1.29, 1.82) is 0 Å². The van der Waals surface area contributed by atoms with E-state index in [9.17, 15) is 17.6 Å². The van der Waals surface area contributed by atoms with Gasteiger partial charge in [-0.15, -0.1) is 0 Å². The Hall–Kier alpha value is -3.26. The summed E-state index contributed by atoms with van der Waals surface area (Å²) >= 11 is 0. The van der Waals surface area contributed by atoms with E-state index in [1.807, 2.05) is 6.07 Å². The molecule has 148 valence electrons. The van der Waals surface area contributed by atoms with E-state index < -0.39 is 15.8 Å². The number of benzene rings is 2. The Bertz CT molecular complexity index is 1200. The number of pyridine rings is 1. The third-order valence-electron chi connectivity index (χ3n) is 4.83. The van der Waals surface area contributed by atoms with Crippen LogP contribution in [-0.4, -0.2) is 25.9 Å². The highest BCUT2D eigenvalue weighted by molar-refractivity contribution is 7.92. The zero-order valence-electron chi connectivity index (χ0n) is 15.6. The highest BCUT2D eigenvalue weighted by atomic mass is 32.2. The van der Waals surface area contributed by atoms with Crippen molar-refractivity contribution in [3.05, 3.63) is 83.4 Å². The quantitative estimate of drug-likeness (QED) is 0.712. The maximum Gasteiger partial charge on any atom is 0.262 e. The van der Waals surface area contributed by atoms with E-state index >= 15 is 0 Å². The van der Waals surface area contributed by atoms with Gasteiger partial charge in [0.1, 0.15) is 5.82 Å². The Kier molecular flexibility index (Phi) is 4.79. The SMILES string of the molecule is Cc1cc(F)ccc1S(=O)(=O)Nc1ccc2c(c1)N(C(=O)c1ccncc1)CC2. The van der Waals surface area contributed by atoms with Gasteiger partial charge in [-0.1, -0.05) is 6.07 Å². The Balaban J connectivity index is 1.64. The summed E-state index contributed by atoms with van der Waals surface area (Å²) in [6, 6.07) is 11.9. The van der Waals surface area contributed by atoms with Crippen molar-refractivity contribution in [3.8, 4) is 0 Å². The van der Waals surface area contributed by atoms with E-state index in [0.717, 1.165) is 11.6 Å². The van der Waals surface area contributed by atoms with Crippen LogP contribution >= 0.6 is 0 Å². The summed E-state index contributed by atoms with van der Waals surface area (Å²) in [4.78, 5) is 18.4. The van der Waals surface area contributed by atoms with E-state index in [2.05, 4.69) is 9.71 Å². The van der Waals surface area contributed by atoms with Crippen LogP contribution in [0.5, 0.6) is 0 Å². The van der Waals surface area contributed by atoms with Gasteiger partial charge in [0.05, 0.1) is 10.6 Å². The topological polar surface area (TPSA) is 79.4 Å². The second-order valence-corrected chi connectivity index (χ2v) is 8.45. The minimum atomic E-state index is -3.90. The van der Waals surface area contributed by atoms with E-state index in [4.69, 9.17) is 0 Å². The second kappa shape index (κ2) is 7.29. The first-order valence-electron chi connectivity index (χ1n) is 8.99. The lowest BCUT2D eigenvalue weighted by molar-refractivity contribution is 0.0989. The molecule has 1 aliphatic rings. The molecule has 0 fully saturated rings. The number of sulfonamides is 1. The molecule has 6 nitrogen and oxygen atoms in total. The molecule has 1 aromatic heterocycles. The van der Waals surface area contributed by atoms with E-state index in [0.29, 0.717) is 35.5 Å². The average Bonchev–Trinajstić information content (AvgIpc) is 3.10. The van der Waals surface area contributed by atoms with Crippen LogP contribution in [0.1, 0.15) is 21.5 Å². The van der Waals surface area contributed by atoms with E-state index in [1.165, 1.54) is 19.1 Å². The predicted molar refractivity (Wildman–Crippen MR) is 108 cm³/mol. The molecule has 1 aliphatic heterocycles. The smallest absolute Gasteiger partial charge is 0.262 e. The number of aromatic nitrogens is 1. The number of halogens is 1. The number of rotatable bonds is 4. The number of hydrogen-bond donors (Lipinski definition) is 1. The van der Waals surface area contributed by atoms with Gasteiger partial charge in [0.25, 0.3) is 15.9 Å². The van der Waals surface area contributed by atoms with Crippen molar-refractivity contribution >= 4 is 27.3 Å². The number of nitrogens with one attached hydrogen (secondary N) is 1. The first kappa shape index (κ1) is 19.1. The highest BCUT2D eigenvalue weighted by Crippen LogP contribution is 2.33. The van der Waals surface area contributed by atoms with Crippen LogP contribution in [0.3, 0.4) is 0 Å². The molecule has 0 saturated carbocycles.